The quantitative estimate of drug-likeness (QED) is 0.575. The first-order chi connectivity index (χ1) is 15.0. The number of thiazole rings is 1. The molecule has 4 rings (SSSR count). The molecule has 1 atom stereocenters. The maximum atomic E-state index is 13.0. The van der Waals surface area contributed by atoms with Gasteiger partial charge in [0.15, 0.2) is 5.13 Å². The van der Waals surface area contributed by atoms with Gasteiger partial charge in [0.25, 0.3) is 0 Å². The first kappa shape index (κ1) is 22.6. The largest absolute Gasteiger partial charge is 0.416 e. The summed E-state index contributed by atoms with van der Waals surface area (Å²) in [5.41, 5.74) is -0.316. The summed E-state index contributed by atoms with van der Waals surface area (Å²) in [6.07, 6.45) is -2.36. The Bertz CT molecular complexity index is 1240. The van der Waals surface area contributed by atoms with E-state index in [1.165, 1.54) is 21.7 Å². The number of sulfonamides is 1. The maximum Gasteiger partial charge on any atom is 0.416 e. The van der Waals surface area contributed by atoms with Gasteiger partial charge in [-0.3, -0.25) is 0 Å². The minimum absolute atomic E-state index is 0.130. The highest BCUT2D eigenvalue weighted by atomic mass is 32.2. The average Bonchev–Trinajstić information content (AvgIpc) is 3.37. The number of anilines is 2. The Morgan fingerprint density at radius 2 is 1.97 bits per heavy atom. The van der Waals surface area contributed by atoms with Crippen molar-refractivity contribution in [2.24, 2.45) is 0 Å². The molecule has 1 saturated heterocycles. The van der Waals surface area contributed by atoms with Gasteiger partial charge in [-0.1, -0.05) is 6.07 Å². The minimum Gasteiger partial charge on any atom is -0.316 e. The van der Waals surface area contributed by atoms with Gasteiger partial charge in [0, 0.05) is 36.1 Å². The number of nitrogens with one attached hydrogen (secondary N) is 1. The van der Waals surface area contributed by atoms with E-state index in [9.17, 15) is 21.6 Å². The van der Waals surface area contributed by atoms with Crippen LogP contribution in [0.2, 0.25) is 0 Å². The van der Waals surface area contributed by atoms with E-state index in [0.717, 1.165) is 17.0 Å². The molecule has 3 aromatic rings. The summed E-state index contributed by atoms with van der Waals surface area (Å²) in [6, 6.07) is 5.58. The van der Waals surface area contributed by atoms with Gasteiger partial charge in [0.2, 0.25) is 10.0 Å². The Hall–Kier alpha value is -2.57. The van der Waals surface area contributed by atoms with Crippen LogP contribution in [0.3, 0.4) is 0 Å². The van der Waals surface area contributed by atoms with Crippen molar-refractivity contribution in [1.29, 1.82) is 0 Å². The van der Waals surface area contributed by atoms with Crippen molar-refractivity contribution < 1.29 is 21.6 Å². The van der Waals surface area contributed by atoms with Crippen molar-refractivity contribution in [2.75, 3.05) is 18.4 Å². The molecular formula is C20H20F3N5O2S2. The van der Waals surface area contributed by atoms with Gasteiger partial charge in [-0.25, -0.2) is 23.4 Å². The number of aryl methyl sites for hydroxylation is 2. The summed E-state index contributed by atoms with van der Waals surface area (Å²) in [7, 11) is -4.06. The third kappa shape index (κ3) is 4.76. The van der Waals surface area contributed by atoms with E-state index in [2.05, 4.69) is 20.3 Å². The van der Waals surface area contributed by atoms with Crippen LogP contribution in [0.25, 0.3) is 0 Å². The lowest BCUT2D eigenvalue weighted by molar-refractivity contribution is -0.137. The third-order valence-electron chi connectivity index (χ3n) is 5.08. The molecule has 7 nitrogen and oxygen atoms in total. The van der Waals surface area contributed by atoms with E-state index in [4.69, 9.17) is 0 Å². The highest BCUT2D eigenvalue weighted by Crippen LogP contribution is 2.34. The number of rotatable bonds is 5. The second kappa shape index (κ2) is 8.41. The Balaban J connectivity index is 1.54. The normalized spacial score (nSPS) is 17.6. The molecule has 12 heteroatoms. The minimum atomic E-state index is -4.61. The van der Waals surface area contributed by atoms with Crippen LogP contribution in [-0.4, -0.2) is 40.8 Å². The molecule has 1 aliphatic rings. The molecule has 1 fully saturated rings. The number of halogens is 3. The van der Waals surface area contributed by atoms with Crippen molar-refractivity contribution in [2.45, 2.75) is 37.3 Å². The second-order valence-electron chi connectivity index (χ2n) is 7.50. The van der Waals surface area contributed by atoms with E-state index < -0.39 is 21.8 Å². The van der Waals surface area contributed by atoms with E-state index in [1.54, 1.807) is 19.2 Å². The lowest BCUT2D eigenvalue weighted by Gasteiger charge is -2.18. The average molecular weight is 484 g/mol. The zero-order valence-corrected chi connectivity index (χ0v) is 18.9. The van der Waals surface area contributed by atoms with Gasteiger partial charge in [0.1, 0.15) is 11.6 Å². The molecule has 1 aliphatic heterocycles. The summed E-state index contributed by atoms with van der Waals surface area (Å²) < 4.78 is 66.2. The molecule has 1 N–H and O–H groups in total. The van der Waals surface area contributed by atoms with Crippen molar-refractivity contribution in [3.05, 3.63) is 58.5 Å². The molecule has 3 heterocycles. The number of alkyl halides is 3. The lowest BCUT2D eigenvalue weighted by Crippen LogP contribution is -2.29. The summed E-state index contributed by atoms with van der Waals surface area (Å²) in [6.45, 7) is 4.01. The number of hydrogen-bond acceptors (Lipinski definition) is 7. The van der Waals surface area contributed by atoms with Gasteiger partial charge in [-0.15, -0.1) is 11.3 Å². The predicted octanol–water partition coefficient (Wildman–Crippen LogP) is 4.49. The smallest absolute Gasteiger partial charge is 0.316 e. The van der Waals surface area contributed by atoms with Crippen LogP contribution in [0.5, 0.6) is 0 Å². The SMILES string of the molecule is Cc1nc(Nc2ncc(C)s2)cc([C@@H]2CCN(S(=O)(=O)c3cccc(C(F)(F)F)c3)C2)n1. The van der Waals surface area contributed by atoms with Crippen LogP contribution in [0, 0.1) is 13.8 Å². The van der Waals surface area contributed by atoms with Crippen molar-refractivity contribution in [3.63, 3.8) is 0 Å². The van der Waals surface area contributed by atoms with Gasteiger partial charge < -0.3 is 5.32 Å². The van der Waals surface area contributed by atoms with Gasteiger partial charge in [-0.2, -0.15) is 17.5 Å². The van der Waals surface area contributed by atoms with E-state index in [-0.39, 0.29) is 23.9 Å². The Morgan fingerprint density at radius 3 is 2.66 bits per heavy atom. The summed E-state index contributed by atoms with van der Waals surface area (Å²) in [5.74, 6) is 0.884. The second-order valence-corrected chi connectivity index (χ2v) is 10.7. The van der Waals surface area contributed by atoms with Crippen LogP contribution in [0.4, 0.5) is 24.1 Å². The van der Waals surface area contributed by atoms with Gasteiger partial charge >= 0.3 is 6.18 Å². The molecule has 1 aromatic carbocycles. The predicted molar refractivity (Wildman–Crippen MR) is 114 cm³/mol. The van der Waals surface area contributed by atoms with Crippen molar-refractivity contribution >= 4 is 32.3 Å². The van der Waals surface area contributed by atoms with Crippen LogP contribution in [0.1, 0.15) is 34.3 Å². The molecule has 0 aliphatic carbocycles. The first-order valence-electron chi connectivity index (χ1n) is 9.75. The highest BCUT2D eigenvalue weighted by Gasteiger charge is 2.36. The summed E-state index contributed by atoms with van der Waals surface area (Å²) in [5, 5.41) is 3.82. The Morgan fingerprint density at radius 1 is 1.19 bits per heavy atom. The van der Waals surface area contributed by atoms with E-state index in [0.29, 0.717) is 35.0 Å². The van der Waals surface area contributed by atoms with Crippen molar-refractivity contribution in [1.82, 2.24) is 19.3 Å². The number of nitrogens with zero attached hydrogens (tertiary/aromatic N) is 4. The van der Waals surface area contributed by atoms with E-state index >= 15 is 0 Å². The molecular weight excluding hydrogens is 463 g/mol. The topological polar surface area (TPSA) is 88.1 Å². The number of aromatic nitrogens is 3. The fourth-order valence-corrected chi connectivity index (χ4v) is 5.77. The van der Waals surface area contributed by atoms with Crippen LogP contribution in [-0.2, 0) is 16.2 Å². The van der Waals surface area contributed by atoms with Gasteiger partial charge in [-0.05, 0) is 38.5 Å². The molecule has 0 unspecified atom stereocenters. The van der Waals surface area contributed by atoms with Crippen LogP contribution >= 0.6 is 11.3 Å². The molecule has 32 heavy (non-hydrogen) atoms. The fourth-order valence-electron chi connectivity index (χ4n) is 3.56. The fraction of sp³-hybridized carbons (Fsp3) is 0.350. The molecule has 0 bridgehead atoms. The van der Waals surface area contributed by atoms with Crippen molar-refractivity contribution in [3.8, 4) is 0 Å². The standard InChI is InChI=1S/C20H20F3N5O2S2/c1-12-10-24-19(31-12)27-18-9-17(25-13(2)26-18)14-6-7-28(11-14)32(29,30)16-5-3-4-15(8-16)20(21,22)23/h3-5,8-10,14H,6-7,11H2,1-2H3,(H,24,25,26,27)/t14-/m1/s1. The third-order valence-corrected chi connectivity index (χ3v) is 7.77. The number of benzene rings is 1. The molecule has 0 saturated carbocycles. The zero-order valence-electron chi connectivity index (χ0n) is 17.2. The maximum absolute atomic E-state index is 13.0. The number of hydrogen-bond donors (Lipinski definition) is 1. The molecule has 0 radical (unpaired) electrons. The van der Waals surface area contributed by atoms with E-state index in [1.807, 2.05) is 6.92 Å². The summed E-state index contributed by atoms with van der Waals surface area (Å²) in [4.78, 5) is 13.8. The Labute approximate surface area is 187 Å². The molecule has 170 valence electrons. The Kier molecular flexibility index (Phi) is 5.94. The molecule has 0 amide bonds. The van der Waals surface area contributed by atoms with Gasteiger partial charge in [0.05, 0.1) is 16.2 Å². The lowest BCUT2D eigenvalue weighted by atomic mass is 10.0. The summed E-state index contributed by atoms with van der Waals surface area (Å²) >= 11 is 1.48. The molecule has 2 aromatic heterocycles. The highest BCUT2D eigenvalue weighted by molar-refractivity contribution is 7.89. The monoisotopic (exact) mass is 483 g/mol. The zero-order chi connectivity index (χ0) is 23.1. The first-order valence-corrected chi connectivity index (χ1v) is 12.0. The van der Waals surface area contributed by atoms with Crippen LogP contribution in [0.15, 0.2) is 41.4 Å². The molecule has 0 spiro atoms. The van der Waals surface area contributed by atoms with Crippen LogP contribution < -0.4 is 5.32 Å².